The number of amides is 1. The molecule has 0 saturated carbocycles. The molecule has 0 radical (unpaired) electrons. The Hall–Kier alpha value is -2.18. The summed E-state index contributed by atoms with van der Waals surface area (Å²) >= 11 is 4.83. The number of nitrogens with one attached hydrogen (secondary N) is 1. The average molecular weight is 417 g/mol. The third-order valence-electron chi connectivity index (χ3n) is 3.51. The number of carbonyl (C=O) groups excluding carboxylic acids is 1. The number of hydrogen-bond donors (Lipinski definition) is 1. The maximum Gasteiger partial charge on any atom is 0.229 e. The van der Waals surface area contributed by atoms with Gasteiger partial charge in [0.1, 0.15) is 5.75 Å². The Bertz CT molecular complexity index is 845. The number of rotatable bonds is 6. The van der Waals surface area contributed by atoms with E-state index in [4.69, 9.17) is 4.74 Å². The Morgan fingerprint density at radius 2 is 1.88 bits per heavy atom. The molecule has 1 amide bonds. The SMILES string of the molecule is Cc1ccc(OCCC(=O)Nc2nc(-c3ccc(Br)cc3)cs2)cc1. The van der Waals surface area contributed by atoms with Gasteiger partial charge in [0.15, 0.2) is 5.13 Å². The number of aryl methyl sites for hydroxylation is 1. The second-order valence-corrected chi connectivity index (χ2v) is 7.28. The molecule has 25 heavy (non-hydrogen) atoms. The van der Waals surface area contributed by atoms with E-state index in [1.54, 1.807) is 0 Å². The first-order valence-corrected chi connectivity index (χ1v) is 9.48. The Kier molecular flexibility index (Phi) is 5.83. The quantitative estimate of drug-likeness (QED) is 0.593. The van der Waals surface area contributed by atoms with Crippen LogP contribution in [0.25, 0.3) is 11.3 Å². The Labute approximate surface area is 159 Å². The molecule has 128 valence electrons. The topological polar surface area (TPSA) is 51.2 Å². The first kappa shape index (κ1) is 17.6. The molecule has 0 aliphatic carbocycles. The molecular formula is C19H17BrN2O2S. The first-order chi connectivity index (χ1) is 12.1. The fraction of sp³-hybridized carbons (Fsp3) is 0.158. The molecule has 1 N–H and O–H groups in total. The van der Waals surface area contributed by atoms with Crippen LogP contribution in [0.1, 0.15) is 12.0 Å². The van der Waals surface area contributed by atoms with Crippen LogP contribution in [0.2, 0.25) is 0 Å². The lowest BCUT2D eigenvalue weighted by Crippen LogP contribution is -2.15. The van der Waals surface area contributed by atoms with Crippen molar-refractivity contribution in [1.82, 2.24) is 4.98 Å². The smallest absolute Gasteiger partial charge is 0.229 e. The average Bonchev–Trinajstić information content (AvgIpc) is 3.06. The van der Waals surface area contributed by atoms with Crippen LogP contribution < -0.4 is 10.1 Å². The van der Waals surface area contributed by atoms with Crippen LogP contribution in [-0.4, -0.2) is 17.5 Å². The van der Waals surface area contributed by atoms with Crippen molar-refractivity contribution in [2.45, 2.75) is 13.3 Å². The summed E-state index contributed by atoms with van der Waals surface area (Å²) < 4.78 is 6.59. The van der Waals surface area contributed by atoms with Gasteiger partial charge in [0.25, 0.3) is 0 Å². The van der Waals surface area contributed by atoms with Crippen molar-refractivity contribution in [3.8, 4) is 17.0 Å². The molecule has 0 bridgehead atoms. The Balaban J connectivity index is 1.49. The molecule has 0 saturated heterocycles. The number of halogens is 1. The highest BCUT2D eigenvalue weighted by atomic mass is 79.9. The van der Waals surface area contributed by atoms with Gasteiger partial charge in [-0.25, -0.2) is 4.98 Å². The first-order valence-electron chi connectivity index (χ1n) is 7.81. The second-order valence-electron chi connectivity index (χ2n) is 5.50. The molecule has 3 aromatic rings. The summed E-state index contributed by atoms with van der Waals surface area (Å²) in [7, 11) is 0. The van der Waals surface area contributed by atoms with Crippen LogP contribution in [0.3, 0.4) is 0 Å². The van der Waals surface area contributed by atoms with Crippen molar-refractivity contribution in [1.29, 1.82) is 0 Å². The summed E-state index contributed by atoms with van der Waals surface area (Å²) in [5.74, 6) is 0.661. The van der Waals surface area contributed by atoms with Crippen LogP contribution in [-0.2, 0) is 4.79 Å². The van der Waals surface area contributed by atoms with Gasteiger partial charge in [-0.3, -0.25) is 4.79 Å². The minimum Gasteiger partial charge on any atom is -0.493 e. The van der Waals surface area contributed by atoms with E-state index in [-0.39, 0.29) is 12.3 Å². The van der Waals surface area contributed by atoms with Crippen molar-refractivity contribution >= 4 is 38.3 Å². The summed E-state index contributed by atoms with van der Waals surface area (Å²) in [4.78, 5) is 16.5. The normalized spacial score (nSPS) is 10.5. The number of aromatic nitrogens is 1. The summed E-state index contributed by atoms with van der Waals surface area (Å²) in [6.45, 7) is 2.35. The van der Waals surface area contributed by atoms with Gasteiger partial charge in [-0.1, -0.05) is 45.8 Å². The van der Waals surface area contributed by atoms with E-state index in [0.29, 0.717) is 11.7 Å². The molecule has 4 nitrogen and oxygen atoms in total. The standard InChI is InChI=1S/C19H17BrN2O2S/c1-13-2-8-16(9-3-13)24-11-10-18(23)22-19-21-17(12-25-19)14-4-6-15(20)7-5-14/h2-9,12H,10-11H2,1H3,(H,21,22,23). The molecule has 0 aliphatic heterocycles. The lowest BCUT2D eigenvalue weighted by Gasteiger charge is -2.06. The van der Waals surface area contributed by atoms with Gasteiger partial charge in [0, 0.05) is 15.4 Å². The van der Waals surface area contributed by atoms with E-state index in [2.05, 4.69) is 26.2 Å². The number of carbonyl (C=O) groups is 1. The molecule has 2 aromatic carbocycles. The molecule has 0 atom stereocenters. The molecule has 0 fully saturated rings. The van der Waals surface area contributed by atoms with Gasteiger partial charge >= 0.3 is 0 Å². The Morgan fingerprint density at radius 3 is 2.60 bits per heavy atom. The zero-order chi connectivity index (χ0) is 17.6. The van der Waals surface area contributed by atoms with Crippen molar-refractivity contribution in [3.05, 3.63) is 63.9 Å². The second kappa shape index (κ2) is 8.27. The molecule has 6 heteroatoms. The van der Waals surface area contributed by atoms with E-state index in [9.17, 15) is 4.79 Å². The third-order valence-corrected chi connectivity index (χ3v) is 4.80. The lowest BCUT2D eigenvalue weighted by atomic mass is 10.2. The van der Waals surface area contributed by atoms with Gasteiger partial charge in [-0.05, 0) is 31.2 Å². The fourth-order valence-electron chi connectivity index (χ4n) is 2.16. The molecular weight excluding hydrogens is 400 g/mol. The number of nitrogens with zero attached hydrogens (tertiary/aromatic N) is 1. The largest absolute Gasteiger partial charge is 0.493 e. The van der Waals surface area contributed by atoms with Gasteiger partial charge in [-0.2, -0.15) is 0 Å². The molecule has 0 spiro atoms. The number of anilines is 1. The molecule has 1 heterocycles. The number of thiazole rings is 1. The van der Waals surface area contributed by atoms with Crippen LogP contribution >= 0.6 is 27.3 Å². The van der Waals surface area contributed by atoms with Crippen molar-refractivity contribution in [2.24, 2.45) is 0 Å². The van der Waals surface area contributed by atoms with Crippen LogP contribution in [0, 0.1) is 6.92 Å². The molecule has 1 aromatic heterocycles. The monoisotopic (exact) mass is 416 g/mol. The summed E-state index contributed by atoms with van der Waals surface area (Å²) in [5.41, 5.74) is 3.04. The fourth-order valence-corrected chi connectivity index (χ4v) is 3.16. The molecule has 0 unspecified atom stereocenters. The van der Waals surface area contributed by atoms with E-state index in [1.165, 1.54) is 16.9 Å². The maximum absolute atomic E-state index is 12.0. The summed E-state index contributed by atoms with van der Waals surface area (Å²) in [6.07, 6.45) is 0.279. The zero-order valence-electron chi connectivity index (χ0n) is 13.7. The van der Waals surface area contributed by atoms with Crippen LogP contribution in [0.5, 0.6) is 5.75 Å². The van der Waals surface area contributed by atoms with E-state index >= 15 is 0 Å². The van der Waals surface area contributed by atoms with Gasteiger partial charge < -0.3 is 10.1 Å². The third kappa shape index (κ3) is 5.14. The van der Waals surface area contributed by atoms with Gasteiger partial charge in [0.05, 0.1) is 18.7 Å². The molecule has 3 rings (SSSR count). The highest BCUT2D eigenvalue weighted by molar-refractivity contribution is 9.10. The summed E-state index contributed by atoms with van der Waals surface area (Å²) in [6, 6.07) is 15.7. The highest BCUT2D eigenvalue weighted by Gasteiger charge is 2.08. The highest BCUT2D eigenvalue weighted by Crippen LogP contribution is 2.26. The van der Waals surface area contributed by atoms with Crippen LogP contribution in [0.15, 0.2) is 58.4 Å². The maximum atomic E-state index is 12.0. The van der Waals surface area contributed by atoms with Gasteiger partial charge in [-0.15, -0.1) is 11.3 Å². The van der Waals surface area contributed by atoms with E-state index < -0.39 is 0 Å². The minimum absolute atomic E-state index is 0.108. The lowest BCUT2D eigenvalue weighted by molar-refractivity contribution is -0.116. The van der Waals surface area contributed by atoms with Crippen molar-refractivity contribution < 1.29 is 9.53 Å². The van der Waals surface area contributed by atoms with Crippen LogP contribution in [0.4, 0.5) is 5.13 Å². The molecule has 0 aliphatic rings. The van der Waals surface area contributed by atoms with Crippen molar-refractivity contribution in [3.63, 3.8) is 0 Å². The predicted molar refractivity (Wildman–Crippen MR) is 105 cm³/mol. The van der Waals surface area contributed by atoms with E-state index in [1.807, 2.05) is 60.8 Å². The zero-order valence-corrected chi connectivity index (χ0v) is 16.1. The number of benzene rings is 2. The van der Waals surface area contributed by atoms with Crippen molar-refractivity contribution in [2.75, 3.05) is 11.9 Å². The Morgan fingerprint density at radius 1 is 1.16 bits per heavy atom. The minimum atomic E-state index is -0.108. The number of ether oxygens (including phenoxy) is 1. The van der Waals surface area contributed by atoms with E-state index in [0.717, 1.165) is 21.5 Å². The summed E-state index contributed by atoms with van der Waals surface area (Å²) in [5, 5.41) is 5.35. The van der Waals surface area contributed by atoms with Gasteiger partial charge in [0.2, 0.25) is 5.91 Å². The number of hydrogen-bond acceptors (Lipinski definition) is 4. The predicted octanol–water partition coefficient (Wildman–Crippen LogP) is 5.29.